The highest BCUT2D eigenvalue weighted by Gasteiger charge is 2.40. The van der Waals surface area contributed by atoms with Gasteiger partial charge in [0, 0.05) is 5.57 Å². The van der Waals surface area contributed by atoms with Crippen LogP contribution in [-0.2, 0) is 5.60 Å². The first kappa shape index (κ1) is 12.7. The molecule has 20 heavy (non-hydrogen) atoms. The van der Waals surface area contributed by atoms with Crippen LogP contribution in [0, 0.1) is 18.3 Å². The van der Waals surface area contributed by atoms with Crippen molar-refractivity contribution in [3.05, 3.63) is 76.4 Å². The van der Waals surface area contributed by atoms with Crippen LogP contribution in [0.3, 0.4) is 0 Å². The van der Waals surface area contributed by atoms with Crippen LogP contribution >= 0.6 is 0 Å². The van der Waals surface area contributed by atoms with E-state index in [9.17, 15) is 10.4 Å². The topological polar surface area (TPSA) is 44.0 Å². The molecule has 1 N–H and O–H groups in total. The maximum absolute atomic E-state index is 10.7. The molecule has 2 nitrogen and oxygen atoms in total. The monoisotopic (exact) mass is 261 g/mol. The number of fused-ring (bicyclic) bond motifs is 1. The molecule has 1 unspecified atom stereocenters. The molecule has 0 fully saturated rings. The van der Waals surface area contributed by atoms with Crippen molar-refractivity contribution in [2.75, 3.05) is 0 Å². The summed E-state index contributed by atoms with van der Waals surface area (Å²) in [6, 6.07) is 17.9. The molecular weight excluding hydrogens is 246 g/mol. The lowest BCUT2D eigenvalue weighted by atomic mass is 9.93. The smallest absolute Gasteiger partial charge is 0.123 e. The first-order valence-electron chi connectivity index (χ1n) is 6.60. The van der Waals surface area contributed by atoms with E-state index < -0.39 is 5.60 Å². The van der Waals surface area contributed by atoms with Crippen molar-refractivity contribution in [1.82, 2.24) is 0 Å². The summed E-state index contributed by atoms with van der Waals surface area (Å²) >= 11 is 0. The van der Waals surface area contributed by atoms with Gasteiger partial charge >= 0.3 is 0 Å². The lowest BCUT2D eigenvalue weighted by Crippen LogP contribution is -2.20. The Morgan fingerprint density at radius 2 is 1.70 bits per heavy atom. The highest BCUT2D eigenvalue weighted by atomic mass is 16.3. The van der Waals surface area contributed by atoms with Crippen LogP contribution in [-0.4, -0.2) is 5.11 Å². The largest absolute Gasteiger partial charge is 0.380 e. The first-order valence-corrected chi connectivity index (χ1v) is 6.60. The van der Waals surface area contributed by atoms with E-state index in [-0.39, 0.29) is 0 Å². The lowest BCUT2D eigenvalue weighted by molar-refractivity contribution is 0.106. The predicted octanol–water partition coefficient (Wildman–Crippen LogP) is 3.54. The van der Waals surface area contributed by atoms with Crippen molar-refractivity contribution in [3.63, 3.8) is 0 Å². The SMILES string of the molecule is Cc1ccc(C2=C(C#N)C(C)(O)c3ccccc32)cc1. The number of nitrogens with zero attached hydrogens (tertiary/aromatic N) is 1. The molecule has 1 aliphatic rings. The Kier molecular flexibility index (Phi) is 2.74. The van der Waals surface area contributed by atoms with Gasteiger partial charge in [-0.2, -0.15) is 5.26 Å². The van der Waals surface area contributed by atoms with E-state index in [1.54, 1.807) is 6.92 Å². The minimum Gasteiger partial charge on any atom is -0.380 e. The standard InChI is InChI=1S/C18H15NO/c1-12-7-9-13(10-8-12)17-14-5-3-4-6-15(14)18(2,20)16(17)11-19/h3-10,20H,1-2H3. The van der Waals surface area contributed by atoms with E-state index in [4.69, 9.17) is 0 Å². The molecule has 1 aliphatic carbocycles. The number of aliphatic hydroxyl groups is 1. The van der Waals surface area contributed by atoms with E-state index in [1.807, 2.05) is 55.5 Å². The number of aryl methyl sites for hydroxylation is 1. The Bertz CT molecular complexity index is 746. The zero-order chi connectivity index (χ0) is 14.3. The number of nitriles is 1. The van der Waals surface area contributed by atoms with Crippen LogP contribution in [0.5, 0.6) is 0 Å². The average molecular weight is 261 g/mol. The van der Waals surface area contributed by atoms with Gasteiger partial charge in [-0.25, -0.2) is 0 Å². The Labute approximate surface area is 118 Å². The fourth-order valence-corrected chi connectivity index (χ4v) is 2.82. The number of hydrogen-bond acceptors (Lipinski definition) is 2. The van der Waals surface area contributed by atoms with E-state index >= 15 is 0 Å². The summed E-state index contributed by atoms with van der Waals surface area (Å²) in [6.45, 7) is 3.72. The van der Waals surface area contributed by atoms with Gasteiger partial charge in [-0.1, -0.05) is 54.1 Å². The molecule has 0 heterocycles. The molecule has 3 rings (SSSR count). The average Bonchev–Trinajstić information content (AvgIpc) is 2.68. The Morgan fingerprint density at radius 3 is 2.35 bits per heavy atom. The Morgan fingerprint density at radius 1 is 1.05 bits per heavy atom. The van der Waals surface area contributed by atoms with Gasteiger partial charge in [-0.15, -0.1) is 0 Å². The Balaban J connectivity index is 2.32. The van der Waals surface area contributed by atoms with E-state index in [0.29, 0.717) is 5.57 Å². The molecule has 0 aliphatic heterocycles. The zero-order valence-electron chi connectivity index (χ0n) is 11.5. The number of rotatable bonds is 1. The van der Waals surface area contributed by atoms with Crippen molar-refractivity contribution in [3.8, 4) is 6.07 Å². The molecule has 2 heteroatoms. The van der Waals surface area contributed by atoms with E-state index in [2.05, 4.69) is 6.07 Å². The first-order chi connectivity index (χ1) is 9.55. The van der Waals surface area contributed by atoms with Gasteiger partial charge < -0.3 is 5.11 Å². The fraction of sp³-hybridized carbons (Fsp3) is 0.167. The van der Waals surface area contributed by atoms with E-state index in [0.717, 1.165) is 22.3 Å². The molecule has 0 amide bonds. The Hall–Kier alpha value is -2.37. The van der Waals surface area contributed by atoms with Crippen molar-refractivity contribution in [1.29, 1.82) is 5.26 Å². The number of hydrogen-bond donors (Lipinski definition) is 1. The number of benzene rings is 2. The van der Waals surface area contributed by atoms with Gasteiger partial charge in [0.05, 0.1) is 11.6 Å². The summed E-state index contributed by atoms with van der Waals surface area (Å²) in [5.41, 5.74) is 3.93. The van der Waals surface area contributed by atoms with Gasteiger partial charge in [0.1, 0.15) is 5.60 Å². The van der Waals surface area contributed by atoms with Gasteiger partial charge in [-0.3, -0.25) is 0 Å². The van der Waals surface area contributed by atoms with Gasteiger partial charge in [0.25, 0.3) is 0 Å². The normalized spacial score (nSPS) is 20.7. The van der Waals surface area contributed by atoms with Gasteiger partial charge in [0.15, 0.2) is 0 Å². The molecular formula is C18H15NO. The molecule has 2 aromatic carbocycles. The predicted molar refractivity (Wildman–Crippen MR) is 78.8 cm³/mol. The van der Waals surface area contributed by atoms with Crippen molar-refractivity contribution in [2.45, 2.75) is 19.4 Å². The molecule has 0 spiro atoms. The fourth-order valence-electron chi connectivity index (χ4n) is 2.82. The highest BCUT2D eigenvalue weighted by molar-refractivity contribution is 5.91. The van der Waals surface area contributed by atoms with Gasteiger partial charge in [-0.05, 0) is 30.5 Å². The third-order valence-electron chi connectivity index (χ3n) is 3.91. The second kappa shape index (κ2) is 4.33. The third-order valence-corrected chi connectivity index (χ3v) is 3.91. The van der Waals surface area contributed by atoms with Crippen LogP contribution in [0.1, 0.15) is 29.2 Å². The zero-order valence-corrected chi connectivity index (χ0v) is 11.5. The maximum atomic E-state index is 10.7. The summed E-state index contributed by atoms with van der Waals surface area (Å²) in [6.07, 6.45) is 0. The molecule has 1 atom stereocenters. The molecule has 0 saturated heterocycles. The van der Waals surface area contributed by atoms with Crippen molar-refractivity contribution >= 4 is 5.57 Å². The van der Waals surface area contributed by atoms with Crippen LogP contribution in [0.25, 0.3) is 5.57 Å². The van der Waals surface area contributed by atoms with E-state index in [1.165, 1.54) is 5.56 Å². The van der Waals surface area contributed by atoms with Crippen molar-refractivity contribution < 1.29 is 5.11 Å². The maximum Gasteiger partial charge on any atom is 0.123 e. The summed E-state index contributed by atoms with van der Waals surface area (Å²) in [4.78, 5) is 0. The minimum atomic E-state index is -1.22. The minimum absolute atomic E-state index is 0.419. The summed E-state index contributed by atoms with van der Waals surface area (Å²) in [5.74, 6) is 0. The van der Waals surface area contributed by atoms with Crippen LogP contribution < -0.4 is 0 Å². The molecule has 0 bridgehead atoms. The molecule has 0 radical (unpaired) electrons. The molecule has 2 aromatic rings. The summed E-state index contributed by atoms with van der Waals surface area (Å²) in [7, 11) is 0. The second-order valence-corrected chi connectivity index (χ2v) is 5.35. The molecule has 0 aromatic heterocycles. The van der Waals surface area contributed by atoms with Gasteiger partial charge in [0.2, 0.25) is 0 Å². The molecule has 0 saturated carbocycles. The van der Waals surface area contributed by atoms with Crippen LogP contribution in [0.15, 0.2) is 54.1 Å². The van der Waals surface area contributed by atoms with Crippen molar-refractivity contribution in [2.24, 2.45) is 0 Å². The third kappa shape index (κ3) is 1.68. The highest BCUT2D eigenvalue weighted by Crippen LogP contribution is 2.46. The lowest BCUT2D eigenvalue weighted by Gasteiger charge is -2.18. The van der Waals surface area contributed by atoms with Crippen LogP contribution in [0.2, 0.25) is 0 Å². The van der Waals surface area contributed by atoms with Crippen LogP contribution in [0.4, 0.5) is 0 Å². The second-order valence-electron chi connectivity index (χ2n) is 5.35. The molecule has 98 valence electrons. The quantitative estimate of drug-likeness (QED) is 0.853. The summed E-state index contributed by atoms with van der Waals surface area (Å²) < 4.78 is 0. The summed E-state index contributed by atoms with van der Waals surface area (Å²) in [5, 5.41) is 20.2.